The molecule has 0 radical (unpaired) electrons. The first-order valence-corrected chi connectivity index (χ1v) is 4.99. The first-order valence-electron chi connectivity index (χ1n) is 4.99. The molecule has 1 rings (SSSR count). The van der Waals surface area contributed by atoms with Crippen LogP contribution < -0.4 is 0 Å². The number of rotatable bonds is 2. The van der Waals surface area contributed by atoms with Gasteiger partial charge >= 0.3 is 0 Å². The molecule has 1 N–H and O–H groups in total. The quantitative estimate of drug-likeness (QED) is 0.629. The third-order valence-electron chi connectivity index (χ3n) is 3.03. The van der Waals surface area contributed by atoms with Gasteiger partial charge in [0.1, 0.15) is 0 Å². The number of hydrogen-bond donors (Lipinski definition) is 1. The minimum absolute atomic E-state index is 0.495. The molecule has 0 heterocycles. The predicted molar refractivity (Wildman–Crippen MR) is 51.9 cm³/mol. The molecule has 0 saturated heterocycles. The van der Waals surface area contributed by atoms with Gasteiger partial charge in [-0.25, -0.2) is 0 Å². The molecular formula is C11H20O. The van der Waals surface area contributed by atoms with Crippen molar-refractivity contribution in [3.8, 4) is 0 Å². The molecule has 0 unspecified atom stereocenters. The monoisotopic (exact) mass is 168 g/mol. The zero-order valence-electron chi connectivity index (χ0n) is 8.38. The molecule has 0 saturated carbocycles. The van der Waals surface area contributed by atoms with Crippen LogP contribution in [0.25, 0.3) is 0 Å². The van der Waals surface area contributed by atoms with Gasteiger partial charge in [0.25, 0.3) is 0 Å². The van der Waals surface area contributed by atoms with Crippen molar-refractivity contribution in [2.45, 2.75) is 45.6 Å². The van der Waals surface area contributed by atoms with Crippen molar-refractivity contribution in [1.29, 1.82) is 0 Å². The Bertz CT molecular complexity index is 172. The van der Waals surface area contributed by atoms with Crippen molar-refractivity contribution < 1.29 is 5.11 Å². The minimum Gasteiger partial charge on any atom is -0.386 e. The molecule has 1 aliphatic rings. The van der Waals surface area contributed by atoms with Crippen LogP contribution in [0.15, 0.2) is 12.2 Å². The van der Waals surface area contributed by atoms with Gasteiger partial charge in [-0.15, -0.1) is 0 Å². The molecule has 0 aliphatic heterocycles. The van der Waals surface area contributed by atoms with Crippen LogP contribution >= 0.6 is 0 Å². The van der Waals surface area contributed by atoms with E-state index >= 15 is 0 Å². The van der Waals surface area contributed by atoms with E-state index in [4.69, 9.17) is 0 Å². The Labute approximate surface area is 75.5 Å². The van der Waals surface area contributed by atoms with Crippen LogP contribution in [0, 0.1) is 11.8 Å². The molecule has 2 atom stereocenters. The summed E-state index contributed by atoms with van der Waals surface area (Å²) in [6.07, 6.45) is 7.11. The van der Waals surface area contributed by atoms with Crippen molar-refractivity contribution in [1.82, 2.24) is 0 Å². The van der Waals surface area contributed by atoms with Gasteiger partial charge in [0.05, 0.1) is 5.60 Å². The van der Waals surface area contributed by atoms with Crippen molar-refractivity contribution in [3.63, 3.8) is 0 Å². The second-order valence-corrected chi connectivity index (χ2v) is 4.26. The maximum absolute atomic E-state index is 9.89. The van der Waals surface area contributed by atoms with Crippen molar-refractivity contribution >= 4 is 0 Å². The summed E-state index contributed by atoms with van der Waals surface area (Å²) in [5, 5.41) is 9.89. The summed E-state index contributed by atoms with van der Waals surface area (Å²) in [4.78, 5) is 0. The molecule has 70 valence electrons. The van der Waals surface area contributed by atoms with Crippen LogP contribution in [0.4, 0.5) is 0 Å². The molecule has 0 spiro atoms. The molecular weight excluding hydrogens is 148 g/mol. The minimum atomic E-state index is -0.495. The molecule has 12 heavy (non-hydrogen) atoms. The molecule has 0 aromatic heterocycles. The maximum atomic E-state index is 9.89. The van der Waals surface area contributed by atoms with Crippen LogP contribution in [0.1, 0.15) is 40.0 Å². The molecule has 1 aliphatic carbocycles. The summed E-state index contributed by atoms with van der Waals surface area (Å²) in [6, 6.07) is 0. The highest BCUT2D eigenvalue weighted by Crippen LogP contribution is 2.31. The molecule has 0 bridgehead atoms. The molecule has 1 nitrogen and oxygen atoms in total. The van der Waals surface area contributed by atoms with Crippen LogP contribution in [0.2, 0.25) is 0 Å². The Morgan fingerprint density at radius 3 is 2.58 bits per heavy atom. The summed E-state index contributed by atoms with van der Waals surface area (Å²) >= 11 is 0. The zero-order valence-corrected chi connectivity index (χ0v) is 8.38. The first kappa shape index (κ1) is 9.79. The van der Waals surface area contributed by atoms with Gasteiger partial charge in [0.15, 0.2) is 0 Å². The van der Waals surface area contributed by atoms with Gasteiger partial charge < -0.3 is 5.11 Å². The van der Waals surface area contributed by atoms with Gasteiger partial charge in [0.2, 0.25) is 0 Å². The lowest BCUT2D eigenvalue weighted by atomic mass is 9.79. The fourth-order valence-corrected chi connectivity index (χ4v) is 1.75. The second kappa shape index (κ2) is 3.61. The SMILES string of the molecule is CC[C@@]1(O)C=C[C@@H](C(C)C)CC1. The third kappa shape index (κ3) is 2.10. The van der Waals surface area contributed by atoms with Crippen molar-refractivity contribution in [2.75, 3.05) is 0 Å². The van der Waals surface area contributed by atoms with Crippen molar-refractivity contribution in [2.24, 2.45) is 11.8 Å². The van der Waals surface area contributed by atoms with Crippen LogP contribution in [-0.2, 0) is 0 Å². The fraction of sp³-hybridized carbons (Fsp3) is 0.818. The lowest BCUT2D eigenvalue weighted by molar-refractivity contribution is 0.0617. The van der Waals surface area contributed by atoms with E-state index in [1.54, 1.807) is 0 Å². The average Bonchev–Trinajstić information content (AvgIpc) is 2.05. The molecule has 0 aromatic carbocycles. The Balaban J connectivity index is 2.58. The highest BCUT2D eigenvalue weighted by Gasteiger charge is 2.27. The molecule has 0 amide bonds. The Morgan fingerprint density at radius 2 is 2.25 bits per heavy atom. The average molecular weight is 168 g/mol. The molecule has 0 fully saturated rings. The van der Waals surface area contributed by atoms with E-state index in [1.165, 1.54) is 0 Å². The standard InChI is InChI=1S/C11H20O/c1-4-11(12)7-5-10(6-8-11)9(2)3/h5,7,9-10,12H,4,6,8H2,1-3H3/t10-,11-/m1/s1. The highest BCUT2D eigenvalue weighted by molar-refractivity contribution is 5.07. The Morgan fingerprint density at radius 1 is 1.58 bits per heavy atom. The first-order chi connectivity index (χ1) is 5.57. The van der Waals surface area contributed by atoms with Gasteiger partial charge in [0, 0.05) is 0 Å². The fourth-order valence-electron chi connectivity index (χ4n) is 1.75. The van der Waals surface area contributed by atoms with Gasteiger partial charge in [-0.2, -0.15) is 0 Å². The zero-order chi connectivity index (χ0) is 9.19. The van der Waals surface area contributed by atoms with Gasteiger partial charge in [-0.3, -0.25) is 0 Å². The van der Waals surface area contributed by atoms with Gasteiger partial charge in [-0.1, -0.05) is 32.9 Å². The topological polar surface area (TPSA) is 20.2 Å². The summed E-state index contributed by atoms with van der Waals surface area (Å²) < 4.78 is 0. The number of hydrogen-bond acceptors (Lipinski definition) is 1. The lowest BCUT2D eigenvalue weighted by Crippen LogP contribution is -2.29. The van der Waals surface area contributed by atoms with E-state index in [-0.39, 0.29) is 0 Å². The third-order valence-corrected chi connectivity index (χ3v) is 3.03. The summed E-state index contributed by atoms with van der Waals surface area (Å²) in [5.41, 5.74) is -0.495. The number of aliphatic hydroxyl groups is 1. The van der Waals surface area contributed by atoms with Gasteiger partial charge in [-0.05, 0) is 31.1 Å². The van der Waals surface area contributed by atoms with E-state index in [2.05, 4.69) is 19.9 Å². The van der Waals surface area contributed by atoms with E-state index in [0.29, 0.717) is 11.8 Å². The Kier molecular flexibility index (Phi) is 2.94. The summed E-state index contributed by atoms with van der Waals surface area (Å²) in [7, 11) is 0. The van der Waals surface area contributed by atoms with Crippen LogP contribution in [-0.4, -0.2) is 10.7 Å². The van der Waals surface area contributed by atoms with Crippen molar-refractivity contribution in [3.05, 3.63) is 12.2 Å². The van der Waals surface area contributed by atoms with E-state index in [9.17, 15) is 5.11 Å². The largest absolute Gasteiger partial charge is 0.386 e. The van der Waals surface area contributed by atoms with Crippen LogP contribution in [0.5, 0.6) is 0 Å². The molecule has 0 aromatic rings. The summed E-state index contributed by atoms with van der Waals surface area (Å²) in [5.74, 6) is 1.39. The van der Waals surface area contributed by atoms with E-state index in [1.807, 2.05) is 13.0 Å². The number of allylic oxidation sites excluding steroid dienone is 1. The smallest absolute Gasteiger partial charge is 0.0825 e. The van der Waals surface area contributed by atoms with E-state index in [0.717, 1.165) is 19.3 Å². The Hall–Kier alpha value is -0.300. The normalized spacial score (nSPS) is 35.9. The van der Waals surface area contributed by atoms with Crippen LogP contribution in [0.3, 0.4) is 0 Å². The lowest BCUT2D eigenvalue weighted by Gasteiger charge is -2.31. The maximum Gasteiger partial charge on any atom is 0.0825 e. The summed E-state index contributed by atoms with van der Waals surface area (Å²) in [6.45, 7) is 6.52. The molecule has 1 heteroatoms. The predicted octanol–water partition coefficient (Wildman–Crippen LogP) is 2.75. The van der Waals surface area contributed by atoms with E-state index < -0.39 is 5.60 Å². The highest BCUT2D eigenvalue weighted by atomic mass is 16.3. The second-order valence-electron chi connectivity index (χ2n) is 4.26.